The molecule has 2 N–H and O–H groups in total. The van der Waals surface area contributed by atoms with Crippen molar-refractivity contribution in [3.8, 4) is 0 Å². The van der Waals surface area contributed by atoms with Gasteiger partial charge in [0.2, 0.25) is 0 Å². The van der Waals surface area contributed by atoms with E-state index < -0.39 is 0 Å². The fraction of sp³-hybridized carbons (Fsp3) is 0.600. The molecule has 1 heteroatoms. The van der Waals surface area contributed by atoms with E-state index in [1.807, 2.05) is 0 Å². The van der Waals surface area contributed by atoms with E-state index in [4.69, 9.17) is 5.73 Å². The second-order valence-corrected chi connectivity index (χ2v) is 4.70. The third-order valence-corrected chi connectivity index (χ3v) is 3.76. The summed E-state index contributed by atoms with van der Waals surface area (Å²) < 4.78 is 0. The normalized spacial score (nSPS) is 13.1. The van der Waals surface area contributed by atoms with Crippen LogP contribution in [0.3, 0.4) is 0 Å². The summed E-state index contributed by atoms with van der Waals surface area (Å²) in [6.45, 7) is 7.54. The van der Waals surface area contributed by atoms with Gasteiger partial charge >= 0.3 is 0 Å². The van der Waals surface area contributed by atoms with E-state index in [0.29, 0.717) is 5.92 Å². The van der Waals surface area contributed by atoms with Crippen molar-refractivity contribution in [2.45, 2.75) is 40.0 Å². The quantitative estimate of drug-likeness (QED) is 0.778. The highest BCUT2D eigenvalue weighted by Crippen LogP contribution is 2.23. The van der Waals surface area contributed by atoms with Crippen LogP contribution in [-0.2, 0) is 6.42 Å². The fourth-order valence-corrected chi connectivity index (χ4v) is 2.52. The molecule has 0 amide bonds. The first-order valence-corrected chi connectivity index (χ1v) is 6.47. The van der Waals surface area contributed by atoms with Crippen LogP contribution in [0.15, 0.2) is 24.3 Å². The number of aryl methyl sites for hydroxylation is 1. The Morgan fingerprint density at radius 1 is 1.06 bits per heavy atom. The molecule has 0 aliphatic carbocycles. The van der Waals surface area contributed by atoms with Gasteiger partial charge in [-0.15, -0.1) is 0 Å². The second-order valence-electron chi connectivity index (χ2n) is 4.70. The molecule has 16 heavy (non-hydrogen) atoms. The molecule has 0 fully saturated rings. The minimum Gasteiger partial charge on any atom is -0.330 e. The Balaban J connectivity index is 2.73. The van der Waals surface area contributed by atoms with Crippen molar-refractivity contribution >= 4 is 0 Å². The molecule has 1 rings (SSSR count). The van der Waals surface area contributed by atoms with Gasteiger partial charge in [-0.05, 0) is 42.9 Å². The summed E-state index contributed by atoms with van der Waals surface area (Å²) >= 11 is 0. The largest absolute Gasteiger partial charge is 0.330 e. The lowest BCUT2D eigenvalue weighted by Gasteiger charge is -2.24. The molecule has 1 aromatic carbocycles. The number of hydrogen-bond donors (Lipinski definition) is 1. The maximum absolute atomic E-state index is 5.92. The molecule has 1 unspecified atom stereocenters. The van der Waals surface area contributed by atoms with E-state index >= 15 is 0 Å². The molecule has 0 radical (unpaired) electrons. The molecule has 0 aromatic heterocycles. The van der Waals surface area contributed by atoms with Gasteiger partial charge in [-0.3, -0.25) is 0 Å². The minimum atomic E-state index is 0.635. The van der Waals surface area contributed by atoms with E-state index in [1.165, 1.54) is 24.0 Å². The van der Waals surface area contributed by atoms with Crippen molar-refractivity contribution < 1.29 is 0 Å². The Morgan fingerprint density at radius 3 is 2.19 bits per heavy atom. The summed E-state index contributed by atoms with van der Waals surface area (Å²) in [4.78, 5) is 0. The van der Waals surface area contributed by atoms with E-state index in [0.717, 1.165) is 18.9 Å². The molecule has 0 bridgehead atoms. The van der Waals surface area contributed by atoms with Crippen LogP contribution < -0.4 is 5.73 Å². The standard InChI is InChI=1S/C15H25N/c1-4-13(5-2)15(11-16)10-14-9-7-6-8-12(14)3/h6-9,13,15H,4-5,10-11,16H2,1-3H3. The number of nitrogens with two attached hydrogens (primary N) is 1. The van der Waals surface area contributed by atoms with E-state index in [9.17, 15) is 0 Å². The van der Waals surface area contributed by atoms with Crippen molar-refractivity contribution in [1.29, 1.82) is 0 Å². The van der Waals surface area contributed by atoms with Gasteiger partial charge in [-0.2, -0.15) is 0 Å². The highest BCUT2D eigenvalue weighted by Gasteiger charge is 2.17. The van der Waals surface area contributed by atoms with Gasteiger partial charge in [0.1, 0.15) is 0 Å². The van der Waals surface area contributed by atoms with Crippen LogP contribution in [0.1, 0.15) is 37.8 Å². The Morgan fingerprint density at radius 2 is 1.69 bits per heavy atom. The van der Waals surface area contributed by atoms with Crippen LogP contribution in [0.25, 0.3) is 0 Å². The monoisotopic (exact) mass is 219 g/mol. The predicted octanol–water partition coefficient (Wildman–Crippen LogP) is 3.55. The summed E-state index contributed by atoms with van der Waals surface area (Å²) in [5.74, 6) is 1.40. The van der Waals surface area contributed by atoms with Crippen molar-refractivity contribution in [2.75, 3.05) is 6.54 Å². The Bertz CT molecular complexity index is 302. The van der Waals surface area contributed by atoms with Gasteiger partial charge in [-0.25, -0.2) is 0 Å². The van der Waals surface area contributed by atoms with Crippen molar-refractivity contribution in [1.82, 2.24) is 0 Å². The molecule has 1 aromatic rings. The van der Waals surface area contributed by atoms with E-state index in [1.54, 1.807) is 0 Å². The van der Waals surface area contributed by atoms with Crippen LogP contribution in [0.2, 0.25) is 0 Å². The van der Waals surface area contributed by atoms with Gasteiger partial charge in [-0.1, -0.05) is 51.0 Å². The summed E-state index contributed by atoms with van der Waals surface area (Å²) in [5, 5.41) is 0. The summed E-state index contributed by atoms with van der Waals surface area (Å²) in [6.07, 6.45) is 3.62. The van der Waals surface area contributed by atoms with Gasteiger partial charge in [0, 0.05) is 0 Å². The van der Waals surface area contributed by atoms with Gasteiger partial charge < -0.3 is 5.73 Å². The van der Waals surface area contributed by atoms with Crippen LogP contribution in [-0.4, -0.2) is 6.54 Å². The Kier molecular flexibility index (Phi) is 5.54. The minimum absolute atomic E-state index is 0.635. The van der Waals surface area contributed by atoms with Crippen molar-refractivity contribution in [2.24, 2.45) is 17.6 Å². The first-order chi connectivity index (χ1) is 7.72. The molecule has 0 saturated carbocycles. The highest BCUT2D eigenvalue weighted by atomic mass is 14.6. The predicted molar refractivity (Wildman–Crippen MR) is 71.5 cm³/mol. The molecule has 0 aliphatic rings. The second kappa shape index (κ2) is 6.70. The maximum Gasteiger partial charge on any atom is -0.00430 e. The first-order valence-electron chi connectivity index (χ1n) is 6.47. The van der Waals surface area contributed by atoms with E-state index in [-0.39, 0.29) is 0 Å². The van der Waals surface area contributed by atoms with Gasteiger partial charge in [0.15, 0.2) is 0 Å². The number of hydrogen-bond acceptors (Lipinski definition) is 1. The third kappa shape index (κ3) is 3.34. The zero-order valence-corrected chi connectivity index (χ0v) is 10.9. The SMILES string of the molecule is CCC(CC)C(CN)Cc1ccccc1C. The van der Waals surface area contributed by atoms with Gasteiger partial charge in [0.05, 0.1) is 0 Å². The van der Waals surface area contributed by atoms with Crippen LogP contribution in [0.5, 0.6) is 0 Å². The van der Waals surface area contributed by atoms with Crippen molar-refractivity contribution in [3.63, 3.8) is 0 Å². The van der Waals surface area contributed by atoms with Crippen molar-refractivity contribution in [3.05, 3.63) is 35.4 Å². The highest BCUT2D eigenvalue weighted by molar-refractivity contribution is 5.26. The number of benzene rings is 1. The molecule has 0 heterocycles. The lowest BCUT2D eigenvalue weighted by Crippen LogP contribution is -2.25. The van der Waals surface area contributed by atoms with Crippen LogP contribution in [0, 0.1) is 18.8 Å². The maximum atomic E-state index is 5.92. The molecule has 0 aliphatic heterocycles. The molecule has 90 valence electrons. The molecule has 0 saturated heterocycles. The van der Waals surface area contributed by atoms with Gasteiger partial charge in [0.25, 0.3) is 0 Å². The summed E-state index contributed by atoms with van der Waals surface area (Å²) in [6, 6.07) is 8.66. The van der Waals surface area contributed by atoms with Crippen LogP contribution in [0.4, 0.5) is 0 Å². The summed E-state index contributed by atoms with van der Waals surface area (Å²) in [5.41, 5.74) is 8.78. The summed E-state index contributed by atoms with van der Waals surface area (Å²) in [7, 11) is 0. The zero-order chi connectivity index (χ0) is 12.0. The topological polar surface area (TPSA) is 26.0 Å². The fourth-order valence-electron chi connectivity index (χ4n) is 2.52. The number of rotatable bonds is 6. The Hall–Kier alpha value is -0.820. The Labute approximate surface area is 100 Å². The molecule has 1 nitrogen and oxygen atoms in total. The molecular formula is C15H25N. The lowest BCUT2D eigenvalue weighted by molar-refractivity contribution is 0.317. The van der Waals surface area contributed by atoms with E-state index in [2.05, 4.69) is 45.0 Å². The zero-order valence-electron chi connectivity index (χ0n) is 10.9. The average molecular weight is 219 g/mol. The lowest BCUT2D eigenvalue weighted by atomic mass is 9.82. The average Bonchev–Trinajstić information content (AvgIpc) is 2.31. The molecule has 1 atom stereocenters. The molecule has 0 spiro atoms. The third-order valence-electron chi connectivity index (χ3n) is 3.76. The molecular weight excluding hydrogens is 194 g/mol. The van der Waals surface area contributed by atoms with Crippen LogP contribution >= 0.6 is 0 Å². The smallest absolute Gasteiger partial charge is 0.00430 e. The first kappa shape index (κ1) is 13.2.